The third-order valence-electron chi connectivity index (χ3n) is 10.4. The molecule has 0 heterocycles. The highest BCUT2D eigenvalue weighted by Crippen LogP contribution is 2.67. The Kier molecular flexibility index (Phi) is 6.34. The number of ketones is 3. The molecule has 3 aliphatic rings. The van der Waals surface area contributed by atoms with Crippen LogP contribution in [0.4, 0.5) is 0 Å². The van der Waals surface area contributed by atoms with Crippen molar-refractivity contribution in [3.8, 4) is 5.75 Å². The van der Waals surface area contributed by atoms with Gasteiger partial charge >= 0.3 is 0 Å². The minimum absolute atomic E-state index is 0.0318. The average Bonchev–Trinajstić information content (AvgIpc) is 2.83. The molecule has 0 radical (unpaired) electrons. The summed E-state index contributed by atoms with van der Waals surface area (Å²) < 4.78 is 0. The molecule has 8 nitrogen and oxygen atoms in total. The Morgan fingerprint density at radius 1 is 1.10 bits per heavy atom. The quantitative estimate of drug-likeness (QED) is 0.352. The number of aromatic hydroxyl groups is 1. The fourth-order valence-electron chi connectivity index (χ4n) is 7.66. The molecule has 0 saturated heterocycles. The molecule has 3 aliphatic carbocycles. The number of Topliss-reactive ketones (excluding diaryl/α,β-unsaturated/α-hetero) is 3. The molecule has 1 aromatic carbocycles. The van der Waals surface area contributed by atoms with Crippen LogP contribution in [0.25, 0.3) is 5.76 Å². The number of aliphatic hydroxyl groups excluding tert-OH is 3. The van der Waals surface area contributed by atoms with E-state index in [4.69, 9.17) is 0 Å². The maximum atomic E-state index is 14.5. The van der Waals surface area contributed by atoms with E-state index in [1.165, 1.54) is 6.92 Å². The summed E-state index contributed by atoms with van der Waals surface area (Å²) in [5.41, 5.74) is -6.77. The Morgan fingerprint density at radius 2 is 1.67 bits per heavy atom. The number of phenolic OH excluding ortho intramolecular Hbond substituents is 1. The van der Waals surface area contributed by atoms with Crippen LogP contribution < -0.4 is 0 Å². The number of carbonyl (C=O) groups excluding carboxylic acids is 3. The van der Waals surface area contributed by atoms with E-state index >= 15 is 0 Å². The first-order valence-corrected chi connectivity index (χ1v) is 13.5. The van der Waals surface area contributed by atoms with Crippen molar-refractivity contribution < 1.29 is 39.9 Å². The predicted molar refractivity (Wildman–Crippen MR) is 145 cm³/mol. The van der Waals surface area contributed by atoms with Gasteiger partial charge in [-0.1, -0.05) is 67.5 Å². The summed E-state index contributed by atoms with van der Waals surface area (Å²) in [6.07, 6.45) is -0.953. The second kappa shape index (κ2) is 8.51. The van der Waals surface area contributed by atoms with Gasteiger partial charge in [0.2, 0.25) is 5.78 Å². The van der Waals surface area contributed by atoms with Gasteiger partial charge in [0.1, 0.15) is 22.8 Å². The molecule has 39 heavy (non-hydrogen) atoms. The van der Waals surface area contributed by atoms with Gasteiger partial charge in [-0.05, 0) is 36.2 Å². The van der Waals surface area contributed by atoms with Crippen LogP contribution in [-0.4, -0.2) is 54.6 Å². The molecule has 5 N–H and O–H groups in total. The third-order valence-corrected chi connectivity index (χ3v) is 10.4. The highest BCUT2D eigenvalue weighted by molar-refractivity contribution is 6.24. The Bertz CT molecular complexity index is 1380. The van der Waals surface area contributed by atoms with Gasteiger partial charge < -0.3 is 25.5 Å². The molecular formula is C31H40O8. The number of fused-ring (bicyclic) bond motifs is 3. The maximum absolute atomic E-state index is 14.5. The maximum Gasteiger partial charge on any atom is 0.203 e. The van der Waals surface area contributed by atoms with E-state index in [0.717, 1.165) is 6.92 Å². The molecule has 8 heteroatoms. The largest absolute Gasteiger partial charge is 0.508 e. The second-order valence-corrected chi connectivity index (χ2v) is 13.0. The fourth-order valence-corrected chi connectivity index (χ4v) is 7.66. The van der Waals surface area contributed by atoms with Crippen molar-refractivity contribution in [3.63, 3.8) is 0 Å². The Balaban J connectivity index is 2.16. The van der Waals surface area contributed by atoms with Gasteiger partial charge in [0, 0.05) is 22.3 Å². The van der Waals surface area contributed by atoms with E-state index in [2.05, 4.69) is 0 Å². The first kappa shape index (κ1) is 29.0. The van der Waals surface area contributed by atoms with Gasteiger partial charge in [0.05, 0.1) is 17.2 Å². The van der Waals surface area contributed by atoms with Crippen molar-refractivity contribution in [3.05, 3.63) is 45.7 Å². The topological polar surface area (TPSA) is 152 Å². The van der Waals surface area contributed by atoms with E-state index in [0.29, 0.717) is 17.5 Å². The molecular weight excluding hydrogens is 500 g/mol. The monoisotopic (exact) mass is 540 g/mol. The zero-order valence-electron chi connectivity index (χ0n) is 24.1. The van der Waals surface area contributed by atoms with Gasteiger partial charge in [0.25, 0.3) is 0 Å². The summed E-state index contributed by atoms with van der Waals surface area (Å²) >= 11 is 0. The molecule has 1 fully saturated rings. The Morgan fingerprint density at radius 3 is 2.15 bits per heavy atom. The molecule has 1 aromatic rings. The molecule has 0 spiro atoms. The third kappa shape index (κ3) is 3.16. The molecule has 0 amide bonds. The highest BCUT2D eigenvalue weighted by Gasteiger charge is 2.77. The summed E-state index contributed by atoms with van der Waals surface area (Å²) in [7, 11) is 0. The first-order chi connectivity index (χ1) is 17.8. The van der Waals surface area contributed by atoms with E-state index in [-0.39, 0.29) is 16.9 Å². The Hall–Kier alpha value is -2.97. The standard InChI is InChI=1S/C31H40O8/c1-10-28(6,7)17-12-11-16-14(4)29(8)21(24(35)19(16)22(17)33)26(37)31(39)25(36)18(15(5)32)23(34)20(13(2)3)30(31,9)27(29)38/h11-14,20,27,33,35-36,38-39H,10H2,1-9H3/t14-,20?,27-,29+,30+,31+/m1/s1. The van der Waals surface area contributed by atoms with Gasteiger partial charge in [-0.15, -0.1) is 0 Å². The highest BCUT2D eigenvalue weighted by atomic mass is 16.4. The van der Waals surface area contributed by atoms with Crippen LogP contribution in [0.1, 0.15) is 91.3 Å². The second-order valence-electron chi connectivity index (χ2n) is 13.0. The summed E-state index contributed by atoms with van der Waals surface area (Å²) in [6.45, 7) is 15.0. The molecule has 0 aromatic heterocycles. The molecule has 0 aliphatic heterocycles. The fraction of sp³-hybridized carbons (Fsp3) is 0.581. The minimum atomic E-state index is -2.88. The lowest BCUT2D eigenvalue weighted by Crippen LogP contribution is -2.75. The first-order valence-electron chi connectivity index (χ1n) is 13.5. The van der Waals surface area contributed by atoms with Crippen LogP contribution in [0.3, 0.4) is 0 Å². The van der Waals surface area contributed by atoms with Crippen molar-refractivity contribution >= 4 is 23.1 Å². The predicted octanol–water partition coefficient (Wildman–Crippen LogP) is 4.41. The normalized spacial score (nSPS) is 34.7. The van der Waals surface area contributed by atoms with Gasteiger partial charge in [-0.2, -0.15) is 0 Å². The summed E-state index contributed by atoms with van der Waals surface area (Å²) in [6, 6.07) is 3.54. The zero-order chi connectivity index (χ0) is 29.8. The molecule has 0 bridgehead atoms. The zero-order valence-corrected chi connectivity index (χ0v) is 24.1. The molecule has 4 rings (SSSR count). The van der Waals surface area contributed by atoms with E-state index < -0.39 is 80.1 Å². The Labute approximate surface area is 229 Å². The van der Waals surface area contributed by atoms with E-state index in [9.17, 15) is 39.9 Å². The van der Waals surface area contributed by atoms with Crippen molar-refractivity contribution in [2.45, 2.75) is 91.8 Å². The lowest BCUT2D eigenvalue weighted by atomic mass is 9.40. The smallest absolute Gasteiger partial charge is 0.203 e. The number of hydrogen-bond acceptors (Lipinski definition) is 8. The number of aliphatic hydroxyl groups is 4. The number of phenols is 1. The minimum Gasteiger partial charge on any atom is -0.508 e. The van der Waals surface area contributed by atoms with Crippen molar-refractivity contribution in [2.75, 3.05) is 0 Å². The summed E-state index contributed by atoms with van der Waals surface area (Å²) in [4.78, 5) is 40.6. The number of rotatable bonds is 4. The van der Waals surface area contributed by atoms with Crippen LogP contribution in [0.2, 0.25) is 0 Å². The van der Waals surface area contributed by atoms with Crippen LogP contribution >= 0.6 is 0 Å². The van der Waals surface area contributed by atoms with Crippen molar-refractivity contribution in [1.29, 1.82) is 0 Å². The van der Waals surface area contributed by atoms with Crippen molar-refractivity contribution in [1.82, 2.24) is 0 Å². The molecule has 212 valence electrons. The van der Waals surface area contributed by atoms with Crippen LogP contribution in [0, 0.1) is 22.7 Å². The average molecular weight is 541 g/mol. The van der Waals surface area contributed by atoms with Gasteiger partial charge in [-0.25, -0.2) is 0 Å². The van der Waals surface area contributed by atoms with Crippen LogP contribution in [0.15, 0.2) is 29.0 Å². The van der Waals surface area contributed by atoms with E-state index in [1.807, 2.05) is 20.8 Å². The van der Waals surface area contributed by atoms with Crippen LogP contribution in [0.5, 0.6) is 5.75 Å². The summed E-state index contributed by atoms with van der Waals surface area (Å²) in [5.74, 6) is -7.00. The van der Waals surface area contributed by atoms with Gasteiger partial charge in [-0.3, -0.25) is 14.4 Å². The lowest BCUT2D eigenvalue weighted by Gasteiger charge is -2.63. The SMILES string of the molecule is CCC(C)(C)c1ccc2c(c1O)C(O)=C1C(=O)[C@@]3(O)C(O)=C(C(C)=O)C(=O)C(C(C)C)[C@@]3(C)[C@H](O)[C@@]1(C)[C@@H]2C. The van der Waals surface area contributed by atoms with E-state index in [1.54, 1.807) is 39.8 Å². The number of carbonyl (C=O) groups is 3. The number of benzene rings is 1. The summed E-state index contributed by atoms with van der Waals surface area (Å²) in [5, 5.41) is 58.7. The molecule has 1 saturated carbocycles. The van der Waals surface area contributed by atoms with Gasteiger partial charge in [0.15, 0.2) is 17.2 Å². The lowest BCUT2D eigenvalue weighted by molar-refractivity contribution is -0.215. The van der Waals surface area contributed by atoms with Crippen LogP contribution in [-0.2, 0) is 19.8 Å². The number of allylic oxidation sites excluding steroid dienone is 1. The molecule has 6 atom stereocenters. The number of hydrogen-bond donors (Lipinski definition) is 5. The molecule has 1 unspecified atom stereocenters. The van der Waals surface area contributed by atoms with Crippen molar-refractivity contribution in [2.24, 2.45) is 22.7 Å².